The van der Waals surface area contributed by atoms with E-state index >= 15 is 0 Å². The first-order valence-corrected chi connectivity index (χ1v) is 8.95. The normalized spacial score (nSPS) is 46.8. The second-order valence-corrected chi connectivity index (χ2v) is 9.18. The van der Waals surface area contributed by atoms with Crippen LogP contribution >= 0.6 is 0 Å². The lowest BCUT2D eigenvalue weighted by Crippen LogP contribution is -2.70. The van der Waals surface area contributed by atoms with Gasteiger partial charge in [-0.2, -0.15) is 0 Å². The molecule has 0 saturated carbocycles. The third-order valence-electron chi connectivity index (χ3n) is 7.33. The summed E-state index contributed by atoms with van der Waals surface area (Å²) in [5.74, 6) is -0.831. The van der Waals surface area contributed by atoms with Gasteiger partial charge in [-0.1, -0.05) is 13.8 Å². The molecule has 2 N–H and O–H groups in total. The largest absolute Gasteiger partial charge is 0.488 e. The third-order valence-corrected chi connectivity index (χ3v) is 7.33. The number of rotatable bonds is 2. The Bertz CT molecular complexity index is 766. The number of hydrogen-bond acceptors (Lipinski definition) is 7. The van der Waals surface area contributed by atoms with E-state index in [0.717, 1.165) is 0 Å². The third kappa shape index (κ3) is 1.43. The fraction of sp³-hybridized carbons (Fsp3) is 0.789. The molecular formula is C19H26O7. The Kier molecular flexibility index (Phi) is 3.11. The van der Waals surface area contributed by atoms with E-state index in [1.165, 1.54) is 14.0 Å². The second kappa shape index (κ2) is 4.51. The van der Waals surface area contributed by atoms with Gasteiger partial charge in [0.15, 0.2) is 5.78 Å². The van der Waals surface area contributed by atoms with Crippen molar-refractivity contribution in [2.45, 2.75) is 76.5 Å². The van der Waals surface area contributed by atoms with E-state index in [2.05, 4.69) is 0 Å². The minimum absolute atomic E-state index is 0.0767. The quantitative estimate of drug-likeness (QED) is 0.699. The molecule has 3 saturated heterocycles. The summed E-state index contributed by atoms with van der Waals surface area (Å²) in [6.45, 7) is 8.38. The Morgan fingerprint density at radius 2 is 1.81 bits per heavy atom. The number of esters is 1. The number of aliphatic hydroxyl groups excluding tert-OH is 1. The molecule has 3 fully saturated rings. The molecular weight excluding hydrogens is 340 g/mol. The summed E-state index contributed by atoms with van der Waals surface area (Å²) >= 11 is 0. The SMILES string of the molecule is COC(=O)[C@@]12O[C@H]3C[C@@]14C[C@H](O)C(C)(C)OC4=C(C(C)=O)[C@]2(O)C3(C)C. The fourth-order valence-electron chi connectivity index (χ4n) is 5.83. The van der Waals surface area contributed by atoms with Gasteiger partial charge in [-0.15, -0.1) is 0 Å². The summed E-state index contributed by atoms with van der Waals surface area (Å²) in [7, 11) is 1.23. The van der Waals surface area contributed by atoms with E-state index in [9.17, 15) is 19.8 Å². The van der Waals surface area contributed by atoms with Crippen LogP contribution in [0.4, 0.5) is 0 Å². The molecule has 0 radical (unpaired) electrons. The highest BCUT2D eigenvalue weighted by Crippen LogP contribution is 2.78. The van der Waals surface area contributed by atoms with E-state index < -0.39 is 45.8 Å². The summed E-state index contributed by atoms with van der Waals surface area (Å²) < 4.78 is 17.3. The van der Waals surface area contributed by atoms with Crippen molar-refractivity contribution >= 4 is 11.8 Å². The molecule has 1 spiro atoms. The van der Waals surface area contributed by atoms with Crippen LogP contribution in [0.1, 0.15) is 47.5 Å². The number of fused-ring (bicyclic) bond motifs is 1. The Morgan fingerprint density at radius 1 is 1.19 bits per heavy atom. The minimum Gasteiger partial charge on any atom is -0.488 e. The molecule has 2 bridgehead atoms. The van der Waals surface area contributed by atoms with Crippen molar-refractivity contribution in [1.82, 2.24) is 0 Å². The van der Waals surface area contributed by atoms with Crippen LogP contribution in [0.2, 0.25) is 0 Å². The number of Topliss-reactive ketones (excluding diaryl/α,β-unsaturated/α-hetero) is 1. The molecule has 1 aliphatic carbocycles. The summed E-state index contributed by atoms with van der Waals surface area (Å²) in [6, 6.07) is 0. The number of aliphatic hydroxyl groups is 2. The zero-order valence-corrected chi connectivity index (χ0v) is 16.0. The van der Waals surface area contributed by atoms with Crippen molar-refractivity contribution in [2.24, 2.45) is 10.8 Å². The first-order chi connectivity index (χ1) is 11.8. The van der Waals surface area contributed by atoms with E-state index in [1.807, 2.05) is 0 Å². The summed E-state index contributed by atoms with van der Waals surface area (Å²) in [4.78, 5) is 25.7. The maximum Gasteiger partial charge on any atom is 0.342 e. The van der Waals surface area contributed by atoms with E-state index in [0.29, 0.717) is 6.42 Å². The first kappa shape index (κ1) is 17.9. The van der Waals surface area contributed by atoms with Crippen LogP contribution in [-0.4, -0.2) is 58.1 Å². The van der Waals surface area contributed by atoms with Gasteiger partial charge in [0.25, 0.3) is 0 Å². The van der Waals surface area contributed by atoms with Gasteiger partial charge in [-0.25, -0.2) is 4.79 Å². The standard InChI is InChI=1S/C19H26O7/c1-9(20)12-13-17(7-10(21)16(4,5)26-13)8-11-15(2,3)18(12,23)19(17,25-11)14(22)24-6/h10-11,21,23H,7-8H2,1-6H3/t10-,11-,17+,18-,19+/m0/s1. The van der Waals surface area contributed by atoms with Gasteiger partial charge in [-0.3, -0.25) is 4.79 Å². The number of carbonyl (C=O) groups is 2. The molecule has 0 aromatic carbocycles. The molecule has 0 amide bonds. The monoisotopic (exact) mass is 366 g/mol. The highest BCUT2D eigenvalue weighted by atomic mass is 16.6. The van der Waals surface area contributed by atoms with Crippen molar-refractivity contribution in [1.29, 1.82) is 0 Å². The number of carbonyl (C=O) groups excluding carboxylic acids is 2. The maximum atomic E-state index is 13.1. The van der Waals surface area contributed by atoms with Crippen molar-refractivity contribution in [3.63, 3.8) is 0 Å². The van der Waals surface area contributed by atoms with Crippen LogP contribution in [-0.2, 0) is 23.8 Å². The Hall–Kier alpha value is -1.44. The van der Waals surface area contributed by atoms with E-state index in [1.54, 1.807) is 27.7 Å². The van der Waals surface area contributed by atoms with Crippen LogP contribution in [0.25, 0.3) is 0 Å². The molecule has 0 unspecified atom stereocenters. The average Bonchev–Trinajstić information content (AvgIpc) is 3.00. The molecule has 7 heteroatoms. The number of ketones is 1. The molecule has 0 aromatic heterocycles. The summed E-state index contributed by atoms with van der Waals surface area (Å²) in [5.41, 5.74) is -6.59. The van der Waals surface area contributed by atoms with Gasteiger partial charge in [-0.05, 0) is 33.6 Å². The van der Waals surface area contributed by atoms with Crippen molar-refractivity contribution in [3.05, 3.63) is 11.3 Å². The van der Waals surface area contributed by atoms with Gasteiger partial charge >= 0.3 is 5.97 Å². The Labute approximate surface area is 152 Å². The van der Waals surface area contributed by atoms with Crippen molar-refractivity contribution in [3.8, 4) is 0 Å². The number of ether oxygens (including phenoxy) is 3. The Balaban J connectivity index is 2.10. The molecule has 7 nitrogen and oxygen atoms in total. The molecule has 5 atom stereocenters. The van der Waals surface area contributed by atoms with Crippen LogP contribution in [0.15, 0.2) is 11.3 Å². The smallest absolute Gasteiger partial charge is 0.342 e. The molecule has 144 valence electrons. The minimum atomic E-state index is -1.89. The molecule has 3 aliphatic heterocycles. The number of methoxy groups -OCH3 is 1. The first-order valence-electron chi connectivity index (χ1n) is 8.95. The predicted octanol–water partition coefficient (Wildman–Crippen LogP) is 0.861. The molecule has 4 aliphatic rings. The lowest BCUT2D eigenvalue weighted by atomic mass is 9.51. The summed E-state index contributed by atoms with van der Waals surface area (Å²) in [6.07, 6.45) is -0.850. The van der Waals surface area contributed by atoms with Crippen LogP contribution in [0.3, 0.4) is 0 Å². The molecule has 0 aromatic rings. The van der Waals surface area contributed by atoms with E-state index in [-0.39, 0.29) is 23.5 Å². The molecule has 3 heterocycles. The van der Waals surface area contributed by atoms with Gasteiger partial charge in [0.1, 0.15) is 17.0 Å². The predicted molar refractivity (Wildman–Crippen MR) is 88.9 cm³/mol. The van der Waals surface area contributed by atoms with Crippen molar-refractivity contribution < 1.29 is 34.0 Å². The zero-order valence-electron chi connectivity index (χ0n) is 16.0. The highest BCUT2D eigenvalue weighted by Gasteiger charge is 2.92. The van der Waals surface area contributed by atoms with E-state index in [4.69, 9.17) is 14.2 Å². The lowest BCUT2D eigenvalue weighted by Gasteiger charge is -2.53. The average molecular weight is 366 g/mol. The lowest BCUT2D eigenvalue weighted by molar-refractivity contribution is -0.214. The molecule has 4 rings (SSSR count). The van der Waals surface area contributed by atoms with Crippen LogP contribution < -0.4 is 0 Å². The van der Waals surface area contributed by atoms with Gasteiger partial charge in [0.2, 0.25) is 5.60 Å². The van der Waals surface area contributed by atoms with Gasteiger partial charge in [0.05, 0.1) is 30.3 Å². The fourth-order valence-corrected chi connectivity index (χ4v) is 5.83. The van der Waals surface area contributed by atoms with Crippen LogP contribution in [0.5, 0.6) is 0 Å². The van der Waals surface area contributed by atoms with Crippen LogP contribution in [0, 0.1) is 10.8 Å². The summed E-state index contributed by atoms with van der Waals surface area (Å²) in [5, 5.41) is 22.7. The Morgan fingerprint density at radius 3 is 2.35 bits per heavy atom. The van der Waals surface area contributed by atoms with Gasteiger partial charge < -0.3 is 24.4 Å². The number of hydrogen-bond donors (Lipinski definition) is 2. The topological polar surface area (TPSA) is 102 Å². The zero-order chi connectivity index (χ0) is 19.5. The molecule has 26 heavy (non-hydrogen) atoms. The van der Waals surface area contributed by atoms with Gasteiger partial charge in [0, 0.05) is 5.41 Å². The van der Waals surface area contributed by atoms with Crippen molar-refractivity contribution in [2.75, 3.05) is 7.11 Å². The second-order valence-electron chi connectivity index (χ2n) is 9.18. The maximum absolute atomic E-state index is 13.1. The highest BCUT2D eigenvalue weighted by molar-refractivity contribution is 6.02.